The minimum atomic E-state index is -5.26. The summed E-state index contributed by atoms with van der Waals surface area (Å²) < 4.78 is 58.8. The lowest BCUT2D eigenvalue weighted by Gasteiger charge is -2.19. The number of carbonyl (C=O) groups is 1. The van der Waals surface area contributed by atoms with E-state index in [0.717, 1.165) is 7.05 Å². The summed E-state index contributed by atoms with van der Waals surface area (Å²) in [6.07, 6.45) is 0. The fourth-order valence-electron chi connectivity index (χ4n) is 0.419. The number of hydrogen-bond acceptors (Lipinski definition) is 4. The Morgan fingerprint density at radius 3 is 2.07 bits per heavy atom. The molecular weight excluding hydrogens is 248 g/mol. The summed E-state index contributed by atoms with van der Waals surface area (Å²) in [5, 5.41) is -0.0666. The number of halogens is 3. The lowest BCUT2D eigenvalue weighted by atomic mass is 10.9. The van der Waals surface area contributed by atoms with Gasteiger partial charge in [0, 0.05) is 14.1 Å². The molecule has 0 aliphatic heterocycles. The van der Waals surface area contributed by atoms with Gasteiger partial charge in [-0.05, 0) is 0 Å². The first-order chi connectivity index (χ1) is 6.16. The third kappa shape index (κ3) is 4.07. The largest absolute Gasteiger partial charge is 0.439 e. The van der Waals surface area contributed by atoms with Crippen molar-refractivity contribution in [1.29, 1.82) is 0 Å². The first-order valence-corrected chi connectivity index (χ1v) is 5.30. The zero-order valence-corrected chi connectivity index (χ0v) is 8.73. The average molecular weight is 254 g/mol. The Hall–Kier alpha value is -0.600. The van der Waals surface area contributed by atoms with Crippen molar-refractivity contribution in [2.24, 2.45) is 0 Å². The second kappa shape index (κ2) is 4.76. The fraction of sp³-hybridized carbons (Fsp3) is 0.667. The highest BCUT2D eigenvalue weighted by atomic mass is 32.3. The zero-order chi connectivity index (χ0) is 11.5. The van der Waals surface area contributed by atoms with Gasteiger partial charge < -0.3 is 0 Å². The minimum Gasteiger partial charge on any atom is -0.245 e. The fourth-order valence-corrected chi connectivity index (χ4v) is 0.976. The molecule has 0 radical (unpaired) electrons. The second-order valence-corrected chi connectivity index (χ2v) is 3.91. The van der Waals surface area contributed by atoms with Crippen LogP contribution in [0, 0.1) is 0 Å². The molecule has 0 saturated heterocycles. The molecule has 14 heavy (non-hydrogen) atoms. The highest BCUT2D eigenvalue weighted by molar-refractivity contribution is 7.84. The Morgan fingerprint density at radius 2 is 1.79 bits per heavy atom. The Balaban J connectivity index is 4.48. The quantitative estimate of drug-likeness (QED) is 0.432. The molecule has 0 aromatic heterocycles. The minimum absolute atomic E-state index is 0.0666. The van der Waals surface area contributed by atoms with Crippen molar-refractivity contribution in [3.8, 4) is 0 Å². The smallest absolute Gasteiger partial charge is 0.245 e. The van der Waals surface area contributed by atoms with E-state index in [0.29, 0.717) is 7.05 Å². The van der Waals surface area contributed by atoms with Gasteiger partial charge in [-0.15, -0.1) is 0 Å². The molecule has 6 nitrogen and oxygen atoms in total. The van der Waals surface area contributed by atoms with Gasteiger partial charge in [-0.25, -0.2) is 4.79 Å². The summed E-state index contributed by atoms with van der Waals surface area (Å²) in [7, 11) is -7.83. The van der Waals surface area contributed by atoms with Crippen LogP contribution in [0.3, 0.4) is 0 Å². The zero-order valence-electron chi connectivity index (χ0n) is 7.02. The van der Waals surface area contributed by atoms with Gasteiger partial charge in [0.15, 0.2) is 0 Å². The van der Waals surface area contributed by atoms with Crippen molar-refractivity contribution in [2.45, 2.75) is 0 Å². The Labute approximate surface area is 79.6 Å². The number of urea groups is 1. The van der Waals surface area contributed by atoms with Crippen molar-refractivity contribution in [1.82, 2.24) is 9.37 Å². The summed E-state index contributed by atoms with van der Waals surface area (Å²) in [5.41, 5.74) is 0. The summed E-state index contributed by atoms with van der Waals surface area (Å²) in [5.74, 6) is 0. The molecule has 0 saturated carbocycles. The monoisotopic (exact) mass is 254 g/mol. The van der Waals surface area contributed by atoms with Gasteiger partial charge in [-0.1, -0.05) is 3.89 Å². The maximum Gasteiger partial charge on any atom is 0.439 e. The van der Waals surface area contributed by atoms with Gasteiger partial charge in [-0.3, -0.25) is 0 Å². The van der Waals surface area contributed by atoms with Crippen LogP contribution in [0.1, 0.15) is 0 Å². The number of hydroxylamine groups is 2. The standard InChI is InChI=1S/C3H6F3N2O4PS/c1-7(12-13(4)5)3(9)8(2)14(6,10)11/h1-2H3. The first-order valence-electron chi connectivity index (χ1n) is 2.92. The van der Waals surface area contributed by atoms with Gasteiger partial charge >= 0.3 is 25.2 Å². The van der Waals surface area contributed by atoms with E-state index in [1.54, 1.807) is 0 Å². The normalized spacial score (nSPS) is 11.6. The molecule has 0 unspecified atom stereocenters. The van der Waals surface area contributed by atoms with Crippen LogP contribution in [0.15, 0.2) is 0 Å². The number of hydrogen-bond donors (Lipinski definition) is 0. The van der Waals surface area contributed by atoms with Crippen LogP contribution in [0.4, 0.5) is 17.1 Å². The van der Waals surface area contributed by atoms with Gasteiger partial charge in [0.2, 0.25) is 0 Å². The van der Waals surface area contributed by atoms with Crippen molar-refractivity contribution < 1.29 is 30.1 Å². The van der Waals surface area contributed by atoms with Crippen molar-refractivity contribution in [2.75, 3.05) is 14.1 Å². The summed E-state index contributed by atoms with van der Waals surface area (Å²) in [6.45, 7) is 0. The predicted octanol–water partition coefficient (Wildman–Crippen LogP) is 1.28. The number of carbonyl (C=O) groups excluding carboxylic acids is 1. The van der Waals surface area contributed by atoms with Crippen molar-refractivity contribution in [3.63, 3.8) is 0 Å². The number of rotatable bonds is 3. The van der Waals surface area contributed by atoms with Gasteiger partial charge in [0.1, 0.15) is 0 Å². The highest BCUT2D eigenvalue weighted by Crippen LogP contribution is 2.40. The molecule has 0 rings (SSSR count). The lowest BCUT2D eigenvalue weighted by molar-refractivity contribution is 0.00433. The molecule has 2 amide bonds. The van der Waals surface area contributed by atoms with Gasteiger partial charge in [0.25, 0.3) is 0 Å². The molecule has 0 bridgehead atoms. The van der Waals surface area contributed by atoms with Crippen LogP contribution < -0.4 is 0 Å². The molecule has 0 spiro atoms. The van der Waals surface area contributed by atoms with Crippen LogP contribution in [0.25, 0.3) is 0 Å². The lowest BCUT2D eigenvalue weighted by Crippen LogP contribution is -2.39. The van der Waals surface area contributed by atoms with E-state index in [1.807, 2.05) is 0 Å². The molecular formula is C3H6F3N2O4PS. The van der Waals surface area contributed by atoms with Gasteiger partial charge in [-0.2, -0.15) is 30.8 Å². The molecule has 84 valence electrons. The predicted molar refractivity (Wildman–Crippen MR) is 41.2 cm³/mol. The number of amides is 2. The summed E-state index contributed by atoms with van der Waals surface area (Å²) >= 11 is 0. The Kier molecular flexibility index (Phi) is 4.56. The van der Waals surface area contributed by atoms with Gasteiger partial charge in [0.05, 0.1) is 0 Å². The molecule has 0 atom stereocenters. The van der Waals surface area contributed by atoms with E-state index in [4.69, 9.17) is 0 Å². The second-order valence-electron chi connectivity index (χ2n) is 1.97. The number of nitrogens with zero attached hydrogens (tertiary/aromatic N) is 2. The van der Waals surface area contributed by atoms with E-state index < -0.39 is 25.2 Å². The van der Waals surface area contributed by atoms with Crippen LogP contribution in [0.2, 0.25) is 0 Å². The Morgan fingerprint density at radius 1 is 1.36 bits per heavy atom. The molecule has 11 heteroatoms. The van der Waals surface area contributed by atoms with Crippen LogP contribution in [0.5, 0.6) is 0 Å². The molecule has 0 aromatic rings. The van der Waals surface area contributed by atoms with Crippen LogP contribution in [-0.4, -0.2) is 37.9 Å². The average Bonchev–Trinajstić information content (AvgIpc) is 1.98. The third-order valence-electron chi connectivity index (χ3n) is 1.05. The van der Waals surface area contributed by atoms with E-state index in [2.05, 4.69) is 4.62 Å². The SMILES string of the molecule is CN(OP(F)F)C(=O)N(C)S(=O)(=O)F. The van der Waals surface area contributed by atoms with E-state index in [9.17, 15) is 25.5 Å². The maximum atomic E-state index is 12.1. The molecule has 0 heterocycles. The molecule has 0 aliphatic carbocycles. The Bertz CT molecular complexity index is 309. The highest BCUT2D eigenvalue weighted by Gasteiger charge is 2.28. The van der Waals surface area contributed by atoms with Crippen molar-refractivity contribution in [3.05, 3.63) is 0 Å². The van der Waals surface area contributed by atoms with Crippen LogP contribution >= 0.6 is 8.77 Å². The topological polar surface area (TPSA) is 66.9 Å². The molecule has 0 N–H and O–H groups in total. The van der Waals surface area contributed by atoms with E-state index in [-0.39, 0.29) is 9.37 Å². The van der Waals surface area contributed by atoms with E-state index >= 15 is 0 Å². The van der Waals surface area contributed by atoms with Crippen LogP contribution in [-0.2, 0) is 15.0 Å². The summed E-state index contributed by atoms with van der Waals surface area (Å²) in [4.78, 5) is 10.8. The molecule has 0 fully saturated rings. The molecule has 0 aromatic carbocycles. The molecule has 0 aliphatic rings. The maximum absolute atomic E-state index is 12.1. The third-order valence-corrected chi connectivity index (χ3v) is 2.23. The first kappa shape index (κ1) is 13.4. The summed E-state index contributed by atoms with van der Waals surface area (Å²) in [6, 6.07) is -1.56. The van der Waals surface area contributed by atoms with Crippen molar-refractivity contribution >= 4 is 25.2 Å². The van der Waals surface area contributed by atoms with E-state index in [1.165, 1.54) is 0 Å².